The van der Waals surface area contributed by atoms with E-state index in [4.69, 9.17) is 11.6 Å². The third-order valence-electron chi connectivity index (χ3n) is 3.07. The van der Waals surface area contributed by atoms with Crippen LogP contribution in [-0.2, 0) is 16.1 Å². The van der Waals surface area contributed by atoms with Crippen molar-refractivity contribution in [2.75, 3.05) is 7.05 Å². The molecule has 0 bridgehead atoms. The van der Waals surface area contributed by atoms with Gasteiger partial charge in [0.25, 0.3) is 5.96 Å². The van der Waals surface area contributed by atoms with Gasteiger partial charge in [-0.25, -0.2) is 15.1 Å². The van der Waals surface area contributed by atoms with Crippen LogP contribution in [-0.4, -0.2) is 44.6 Å². The van der Waals surface area contributed by atoms with Gasteiger partial charge < -0.3 is 0 Å². The lowest BCUT2D eigenvalue weighted by molar-refractivity contribution is -0.486. The summed E-state index contributed by atoms with van der Waals surface area (Å²) in [4.78, 5) is 41.6. The maximum atomic E-state index is 12.5. The summed E-state index contributed by atoms with van der Waals surface area (Å²) in [5, 5.41) is 13.1. The second-order valence-corrected chi connectivity index (χ2v) is 6.58. The molecule has 1 heterocycles. The highest BCUT2D eigenvalue weighted by Gasteiger charge is 2.28. The number of guanidine groups is 1. The van der Waals surface area contributed by atoms with Crippen LogP contribution in [0.2, 0.25) is 4.47 Å². The Bertz CT molecular complexity index is 648. The van der Waals surface area contributed by atoms with Crippen molar-refractivity contribution in [1.82, 2.24) is 14.8 Å². The zero-order valence-electron chi connectivity index (χ0n) is 13.6. The molecule has 2 amide bonds. The van der Waals surface area contributed by atoms with E-state index in [1.807, 2.05) is 6.92 Å². The van der Waals surface area contributed by atoms with Crippen LogP contribution in [0.4, 0.5) is 0 Å². The van der Waals surface area contributed by atoms with Gasteiger partial charge in [-0.3, -0.25) is 19.4 Å². The lowest BCUT2D eigenvalue weighted by Crippen LogP contribution is -2.47. The number of hydrazone groups is 1. The van der Waals surface area contributed by atoms with E-state index in [1.165, 1.54) is 20.2 Å². The lowest BCUT2D eigenvalue weighted by Gasteiger charge is -2.26. The molecule has 1 rings (SSSR count). The Morgan fingerprint density at radius 1 is 1.50 bits per heavy atom. The Morgan fingerprint density at radius 3 is 2.62 bits per heavy atom. The first-order valence-electron chi connectivity index (χ1n) is 7.14. The van der Waals surface area contributed by atoms with E-state index in [9.17, 15) is 19.7 Å². The second-order valence-electron chi connectivity index (χ2n) is 4.88. The minimum Gasteiger partial charge on any atom is -0.280 e. The summed E-state index contributed by atoms with van der Waals surface area (Å²) in [5.41, 5.74) is 0. The highest BCUT2D eigenvalue weighted by molar-refractivity contribution is 7.15. The van der Waals surface area contributed by atoms with Gasteiger partial charge in [-0.2, -0.15) is 0 Å². The fourth-order valence-electron chi connectivity index (χ4n) is 1.76. The van der Waals surface area contributed by atoms with Crippen molar-refractivity contribution < 1.29 is 14.6 Å². The van der Waals surface area contributed by atoms with Gasteiger partial charge in [0.2, 0.25) is 11.8 Å². The molecule has 11 heteroatoms. The van der Waals surface area contributed by atoms with E-state index in [2.05, 4.69) is 10.1 Å². The number of thiazole rings is 1. The van der Waals surface area contributed by atoms with Gasteiger partial charge in [0.05, 0.1) is 6.54 Å². The highest BCUT2D eigenvalue weighted by atomic mass is 35.5. The van der Waals surface area contributed by atoms with E-state index in [-0.39, 0.29) is 24.8 Å². The molecule has 0 fully saturated rings. The van der Waals surface area contributed by atoms with Crippen LogP contribution in [0, 0.1) is 10.1 Å². The number of nitrogens with zero attached hydrogens (tertiary/aromatic N) is 5. The van der Waals surface area contributed by atoms with Crippen molar-refractivity contribution in [3.8, 4) is 0 Å². The molecule has 0 aliphatic rings. The fraction of sp³-hybridized carbons (Fsp3) is 0.538. The van der Waals surface area contributed by atoms with Crippen molar-refractivity contribution in [3.05, 3.63) is 25.7 Å². The molecule has 9 nitrogen and oxygen atoms in total. The number of amides is 2. The summed E-state index contributed by atoms with van der Waals surface area (Å²) in [6.45, 7) is 3.15. The molecule has 0 radical (unpaired) electrons. The van der Waals surface area contributed by atoms with Crippen LogP contribution in [0.25, 0.3) is 0 Å². The van der Waals surface area contributed by atoms with Gasteiger partial charge in [-0.15, -0.1) is 11.3 Å². The molecule has 0 atom stereocenters. The van der Waals surface area contributed by atoms with Crippen LogP contribution in [0.1, 0.15) is 38.0 Å². The maximum absolute atomic E-state index is 12.5. The fourth-order valence-corrected chi connectivity index (χ4v) is 2.73. The number of nitro groups is 1. The van der Waals surface area contributed by atoms with Crippen molar-refractivity contribution in [2.24, 2.45) is 5.10 Å². The summed E-state index contributed by atoms with van der Waals surface area (Å²) in [5.74, 6) is -1.18. The Balaban J connectivity index is 3.21. The molecule has 24 heavy (non-hydrogen) atoms. The largest absolute Gasteiger partial charge is 0.287 e. The molecule has 0 N–H and O–H groups in total. The highest BCUT2D eigenvalue weighted by Crippen LogP contribution is 2.20. The number of halogens is 1. The minimum absolute atomic E-state index is 0.00275. The topological polar surface area (TPSA) is 109 Å². The van der Waals surface area contributed by atoms with Crippen LogP contribution >= 0.6 is 22.9 Å². The zero-order chi connectivity index (χ0) is 18.3. The molecule has 0 saturated heterocycles. The maximum Gasteiger partial charge on any atom is 0.287 e. The van der Waals surface area contributed by atoms with Crippen LogP contribution < -0.4 is 0 Å². The lowest BCUT2D eigenvalue weighted by atomic mass is 10.2. The summed E-state index contributed by atoms with van der Waals surface area (Å²) in [6.07, 6.45) is 3.07. The molecule has 0 spiro atoms. The predicted molar refractivity (Wildman–Crippen MR) is 90.1 cm³/mol. The van der Waals surface area contributed by atoms with Gasteiger partial charge in [0.1, 0.15) is 5.10 Å². The Hall–Kier alpha value is -2.07. The summed E-state index contributed by atoms with van der Waals surface area (Å²) >= 11 is 6.93. The van der Waals surface area contributed by atoms with E-state index in [0.717, 1.165) is 27.6 Å². The van der Waals surface area contributed by atoms with Gasteiger partial charge in [0.15, 0.2) is 9.50 Å². The number of aromatic nitrogens is 1. The average Bonchev–Trinajstić information content (AvgIpc) is 2.92. The molecule has 1 aromatic rings. The van der Waals surface area contributed by atoms with Crippen LogP contribution in [0.15, 0.2) is 11.3 Å². The number of unbranched alkanes of at least 4 members (excludes halogenated alkanes) is 1. The number of rotatable bonds is 6. The smallest absolute Gasteiger partial charge is 0.280 e. The molecule has 0 aromatic carbocycles. The second kappa shape index (κ2) is 9.28. The Kier molecular flexibility index (Phi) is 7.72. The first-order valence-corrected chi connectivity index (χ1v) is 8.33. The summed E-state index contributed by atoms with van der Waals surface area (Å²) < 4.78 is 0.290. The quantitative estimate of drug-likeness (QED) is 0.328. The zero-order valence-corrected chi connectivity index (χ0v) is 15.1. The number of hydrogen-bond donors (Lipinski definition) is 0. The van der Waals surface area contributed by atoms with Crippen molar-refractivity contribution in [1.29, 1.82) is 0 Å². The number of carbonyl (C=O) groups is 2. The Labute approximate surface area is 148 Å². The van der Waals surface area contributed by atoms with E-state index in [0.29, 0.717) is 15.8 Å². The van der Waals surface area contributed by atoms with Crippen molar-refractivity contribution in [3.63, 3.8) is 0 Å². The minimum atomic E-state index is -0.936. The van der Waals surface area contributed by atoms with E-state index >= 15 is 0 Å². The first kappa shape index (κ1) is 20.0. The SMILES string of the molecule is CCCCC(=O)N(Cc1cnc(Cl)s1)/C(=N/[N+](=O)[O-])N(C)C(C)=O. The first-order chi connectivity index (χ1) is 11.3. The summed E-state index contributed by atoms with van der Waals surface area (Å²) in [6, 6.07) is 0. The number of hydrogen-bond acceptors (Lipinski definition) is 6. The standard InChI is InChI=1S/C13H18ClN5O4S/c1-4-5-6-11(21)18(8-10-7-15-12(14)24-10)13(16-19(22)23)17(3)9(2)20/h7H,4-6,8H2,1-3H3/b16-13+. The summed E-state index contributed by atoms with van der Waals surface area (Å²) in [7, 11) is 1.32. The predicted octanol–water partition coefficient (Wildman–Crippen LogP) is 2.34. The number of carbonyl (C=O) groups excluding carboxylic acids is 2. The third-order valence-corrected chi connectivity index (χ3v) is 4.17. The van der Waals surface area contributed by atoms with E-state index < -0.39 is 10.9 Å². The molecule has 1 aromatic heterocycles. The monoisotopic (exact) mass is 375 g/mol. The van der Waals surface area contributed by atoms with Crippen molar-refractivity contribution >= 4 is 40.7 Å². The van der Waals surface area contributed by atoms with E-state index in [1.54, 1.807) is 0 Å². The van der Waals surface area contributed by atoms with Crippen molar-refractivity contribution in [2.45, 2.75) is 39.7 Å². The Morgan fingerprint density at radius 2 is 2.17 bits per heavy atom. The molecular weight excluding hydrogens is 358 g/mol. The molecule has 132 valence electrons. The van der Waals surface area contributed by atoms with Gasteiger partial charge in [-0.05, 0) is 6.42 Å². The normalized spacial score (nSPS) is 11.2. The van der Waals surface area contributed by atoms with Gasteiger partial charge in [0, 0.05) is 31.5 Å². The molecular formula is C13H18ClN5O4S. The van der Waals surface area contributed by atoms with Crippen LogP contribution in [0.3, 0.4) is 0 Å². The molecule has 0 unspecified atom stereocenters. The molecule has 0 aliphatic carbocycles. The molecule has 0 saturated carbocycles. The van der Waals surface area contributed by atoms with Crippen LogP contribution in [0.5, 0.6) is 0 Å². The molecule has 0 aliphatic heterocycles. The third kappa shape index (κ3) is 5.85. The van der Waals surface area contributed by atoms with Gasteiger partial charge >= 0.3 is 0 Å². The van der Waals surface area contributed by atoms with Gasteiger partial charge in [-0.1, -0.05) is 24.9 Å². The average molecular weight is 376 g/mol.